The molecule has 2 heterocycles. The fourth-order valence-electron chi connectivity index (χ4n) is 2.42. The molecule has 1 atom stereocenters. The molecule has 2 N–H and O–H groups in total. The van der Waals surface area contributed by atoms with E-state index in [4.69, 9.17) is 9.47 Å². The van der Waals surface area contributed by atoms with Gasteiger partial charge < -0.3 is 14.8 Å². The third-order valence-electron chi connectivity index (χ3n) is 3.75. The number of benzene rings is 1. The van der Waals surface area contributed by atoms with Gasteiger partial charge in [-0.3, -0.25) is 0 Å². The van der Waals surface area contributed by atoms with Crippen molar-refractivity contribution >= 4 is 44.6 Å². The third kappa shape index (κ3) is 5.04. The molecule has 0 aliphatic heterocycles. The molecule has 0 fully saturated rings. The molecule has 0 aliphatic rings. The van der Waals surface area contributed by atoms with E-state index in [1.165, 1.54) is 0 Å². The summed E-state index contributed by atoms with van der Waals surface area (Å²) in [4.78, 5) is 21.6. The van der Waals surface area contributed by atoms with Crippen molar-refractivity contribution < 1.29 is 18.5 Å². The van der Waals surface area contributed by atoms with E-state index in [1.807, 2.05) is 17.5 Å². The number of amides is 1. The van der Waals surface area contributed by atoms with Gasteiger partial charge in [0.05, 0.1) is 29.0 Å². The number of nitrogens with zero attached hydrogens (tertiary/aromatic N) is 2. The lowest BCUT2D eigenvalue weighted by Crippen LogP contribution is -2.30. The van der Waals surface area contributed by atoms with E-state index in [2.05, 4.69) is 25.9 Å². The summed E-state index contributed by atoms with van der Waals surface area (Å²) in [6, 6.07) is 10.5. The van der Waals surface area contributed by atoms with Gasteiger partial charge >= 0.3 is 6.09 Å². The predicted octanol–water partition coefficient (Wildman–Crippen LogP) is 3.69. The molecule has 8 nitrogen and oxygen atoms in total. The Morgan fingerprint density at radius 2 is 2.03 bits per heavy atom. The highest BCUT2D eigenvalue weighted by Crippen LogP contribution is 2.32. The first-order chi connectivity index (χ1) is 13.9. The summed E-state index contributed by atoms with van der Waals surface area (Å²) in [5, 5.41) is 5.04. The van der Waals surface area contributed by atoms with Crippen molar-refractivity contribution in [2.45, 2.75) is 11.8 Å². The molecule has 0 saturated heterocycles. The van der Waals surface area contributed by atoms with Gasteiger partial charge in [-0.05, 0) is 48.5 Å². The fourth-order valence-corrected chi connectivity index (χ4v) is 4.17. The van der Waals surface area contributed by atoms with Crippen molar-refractivity contribution in [3.8, 4) is 16.3 Å². The Morgan fingerprint density at radius 3 is 2.66 bits per heavy atom. The van der Waals surface area contributed by atoms with Crippen LogP contribution in [-0.2, 0) is 14.4 Å². The van der Waals surface area contributed by atoms with E-state index in [9.17, 15) is 9.00 Å². The number of ether oxygens (including phenoxy) is 2. The van der Waals surface area contributed by atoms with Crippen LogP contribution in [0.25, 0.3) is 10.4 Å². The smallest absolute Gasteiger partial charge is 0.418 e. The molecule has 0 spiro atoms. The average Bonchev–Trinajstić information content (AvgIpc) is 3.22. The van der Waals surface area contributed by atoms with Crippen molar-refractivity contribution in [3.63, 3.8) is 0 Å². The number of aromatic nitrogens is 2. The molecular formula is C19H20N4O4S2. The zero-order valence-electron chi connectivity index (χ0n) is 15.9. The number of hydrogen-bond donors (Lipinski definition) is 2. The van der Waals surface area contributed by atoms with Crippen LogP contribution in [-0.4, -0.2) is 39.9 Å². The SMILES string of the molecule is C=S(=O)(NC(=O)OCC)c1ccc(Nc2ncc(-c3cccs3)c(OC)n2)cc1. The summed E-state index contributed by atoms with van der Waals surface area (Å²) in [5.74, 6) is 4.40. The molecular weight excluding hydrogens is 412 g/mol. The summed E-state index contributed by atoms with van der Waals surface area (Å²) in [7, 11) is -1.46. The first-order valence-corrected chi connectivity index (χ1v) is 11.2. The van der Waals surface area contributed by atoms with Crippen molar-refractivity contribution in [2.24, 2.45) is 0 Å². The van der Waals surface area contributed by atoms with Gasteiger partial charge in [0.1, 0.15) is 0 Å². The van der Waals surface area contributed by atoms with Gasteiger partial charge in [-0.25, -0.2) is 18.7 Å². The Hall–Kier alpha value is -3.11. The summed E-state index contributed by atoms with van der Waals surface area (Å²) < 4.78 is 25.0. The molecule has 29 heavy (non-hydrogen) atoms. The van der Waals surface area contributed by atoms with Crippen LogP contribution in [0.2, 0.25) is 0 Å². The van der Waals surface area contributed by atoms with Crippen LogP contribution in [0, 0.1) is 0 Å². The molecule has 0 bridgehead atoms. The van der Waals surface area contributed by atoms with Gasteiger partial charge in [-0.15, -0.1) is 11.3 Å². The molecule has 3 rings (SSSR count). The molecule has 2 aromatic heterocycles. The second kappa shape index (κ2) is 8.93. The highest BCUT2D eigenvalue weighted by atomic mass is 32.2. The number of carbonyl (C=O) groups excluding carboxylic acids is 1. The van der Waals surface area contributed by atoms with Crippen molar-refractivity contribution in [1.29, 1.82) is 0 Å². The summed E-state index contributed by atoms with van der Waals surface area (Å²) in [6.45, 7) is 1.84. The van der Waals surface area contributed by atoms with Gasteiger partial charge in [-0.2, -0.15) is 4.98 Å². The highest BCUT2D eigenvalue weighted by Gasteiger charge is 2.13. The molecule has 1 amide bonds. The topological polar surface area (TPSA) is 102 Å². The summed E-state index contributed by atoms with van der Waals surface area (Å²) >= 11 is 1.57. The van der Waals surface area contributed by atoms with E-state index >= 15 is 0 Å². The largest absolute Gasteiger partial charge is 0.480 e. The van der Waals surface area contributed by atoms with Gasteiger partial charge in [0, 0.05) is 21.7 Å². The molecule has 0 saturated carbocycles. The van der Waals surface area contributed by atoms with E-state index in [0.29, 0.717) is 22.4 Å². The quantitative estimate of drug-likeness (QED) is 0.549. The summed E-state index contributed by atoms with van der Waals surface area (Å²) in [6.07, 6.45) is 0.918. The minimum atomic E-state index is -3.02. The number of thiophene rings is 1. The maximum Gasteiger partial charge on any atom is 0.418 e. The lowest BCUT2D eigenvalue weighted by atomic mass is 10.2. The molecule has 0 aliphatic carbocycles. The third-order valence-corrected chi connectivity index (χ3v) is 6.18. The Balaban J connectivity index is 1.75. The molecule has 0 radical (unpaired) electrons. The van der Waals surface area contributed by atoms with E-state index in [0.717, 1.165) is 10.4 Å². The Labute approximate surface area is 173 Å². The van der Waals surface area contributed by atoms with Gasteiger partial charge in [0.2, 0.25) is 11.8 Å². The molecule has 1 unspecified atom stereocenters. The second-order valence-electron chi connectivity index (χ2n) is 5.74. The lowest BCUT2D eigenvalue weighted by molar-refractivity contribution is 0.159. The highest BCUT2D eigenvalue weighted by molar-refractivity contribution is 7.99. The maximum absolute atomic E-state index is 12.6. The fraction of sp³-hybridized carbons (Fsp3) is 0.158. The molecule has 3 aromatic rings. The van der Waals surface area contributed by atoms with Gasteiger partial charge in [0.15, 0.2) is 0 Å². The zero-order valence-corrected chi connectivity index (χ0v) is 17.5. The number of hydrogen-bond acceptors (Lipinski definition) is 8. The monoisotopic (exact) mass is 432 g/mol. The van der Waals surface area contributed by atoms with E-state index in [1.54, 1.807) is 55.8 Å². The van der Waals surface area contributed by atoms with Crippen LogP contribution in [0.3, 0.4) is 0 Å². The molecule has 152 valence electrons. The molecule has 10 heteroatoms. The Morgan fingerprint density at radius 1 is 1.28 bits per heavy atom. The number of methoxy groups -OCH3 is 1. The number of rotatable bonds is 7. The molecule has 1 aromatic carbocycles. The van der Waals surface area contributed by atoms with Crippen molar-refractivity contribution in [1.82, 2.24) is 14.7 Å². The van der Waals surface area contributed by atoms with Crippen LogP contribution in [0.15, 0.2) is 52.9 Å². The first kappa shape index (κ1) is 20.6. The number of carbonyl (C=O) groups is 1. The van der Waals surface area contributed by atoms with E-state index < -0.39 is 15.8 Å². The van der Waals surface area contributed by atoms with Crippen LogP contribution in [0.5, 0.6) is 5.88 Å². The van der Waals surface area contributed by atoms with Crippen LogP contribution >= 0.6 is 11.3 Å². The van der Waals surface area contributed by atoms with Crippen molar-refractivity contribution in [3.05, 3.63) is 48.0 Å². The minimum Gasteiger partial charge on any atom is -0.480 e. The Kier molecular flexibility index (Phi) is 6.35. The first-order valence-electron chi connectivity index (χ1n) is 8.56. The normalized spacial score (nSPS) is 12.6. The van der Waals surface area contributed by atoms with E-state index in [-0.39, 0.29) is 6.61 Å². The average molecular weight is 433 g/mol. The van der Waals surface area contributed by atoms with Crippen LogP contribution in [0.4, 0.5) is 16.4 Å². The Bertz CT molecular complexity index is 1080. The van der Waals surface area contributed by atoms with Crippen molar-refractivity contribution in [2.75, 3.05) is 19.0 Å². The minimum absolute atomic E-state index is 0.180. The standard InChI is InChI=1S/C19H20N4O4S2/c1-4-27-19(24)23-29(3,25)14-9-7-13(8-10-14)21-18-20-12-15(17(22-18)26-2)16-6-5-11-28-16/h5-12H,3-4H2,1-2H3,(H,20,21,22)(H,23,24,25). The van der Waals surface area contributed by atoms with Gasteiger partial charge in [-0.1, -0.05) is 6.07 Å². The number of anilines is 2. The predicted molar refractivity (Wildman–Crippen MR) is 115 cm³/mol. The maximum atomic E-state index is 12.6. The summed E-state index contributed by atoms with van der Waals surface area (Å²) in [5.41, 5.74) is 1.48. The van der Waals surface area contributed by atoms with Crippen LogP contribution in [0.1, 0.15) is 6.92 Å². The lowest BCUT2D eigenvalue weighted by Gasteiger charge is -2.12. The number of nitrogens with one attached hydrogen (secondary N) is 2. The van der Waals surface area contributed by atoms with Crippen LogP contribution < -0.4 is 14.8 Å². The zero-order chi connectivity index (χ0) is 20.9. The van der Waals surface area contributed by atoms with Gasteiger partial charge in [0.25, 0.3) is 0 Å². The second-order valence-corrected chi connectivity index (χ2v) is 8.71.